The van der Waals surface area contributed by atoms with Crippen LogP contribution in [-0.2, 0) is 9.53 Å². The number of ether oxygens (including phenoxy) is 1. The molecule has 1 rings (SSSR count). The molecule has 1 fully saturated rings. The summed E-state index contributed by atoms with van der Waals surface area (Å²) in [6, 6.07) is 0. The number of halogens is 4. The van der Waals surface area contributed by atoms with E-state index in [1.54, 1.807) is 13.8 Å². The lowest BCUT2D eigenvalue weighted by molar-refractivity contribution is -0.163. The predicted molar refractivity (Wildman–Crippen MR) is 71.2 cm³/mol. The Balaban J connectivity index is 2.61. The minimum Gasteiger partial charge on any atom is -0.465 e. The average molecular weight is 313 g/mol. The van der Waals surface area contributed by atoms with Crippen molar-refractivity contribution < 1.29 is 22.7 Å². The SMILES string of the molecule is CCCCOC(=O)C1CC(C=C(Cl)C(F)(F)F)C1(C)C. The summed E-state index contributed by atoms with van der Waals surface area (Å²) in [5, 5.41) is -1.12. The second-order valence-electron chi connectivity index (χ2n) is 5.75. The number of rotatable bonds is 5. The average Bonchev–Trinajstić information content (AvgIpc) is 2.32. The Labute approximate surface area is 122 Å². The van der Waals surface area contributed by atoms with Gasteiger partial charge in [0.25, 0.3) is 0 Å². The first-order valence-corrected chi connectivity index (χ1v) is 7.09. The van der Waals surface area contributed by atoms with Crippen LogP contribution in [0.15, 0.2) is 11.1 Å². The summed E-state index contributed by atoms with van der Waals surface area (Å²) in [5.41, 5.74) is -0.561. The van der Waals surface area contributed by atoms with Crippen LogP contribution in [0.5, 0.6) is 0 Å². The van der Waals surface area contributed by atoms with E-state index in [0.29, 0.717) is 13.0 Å². The third-order valence-electron chi connectivity index (χ3n) is 3.99. The van der Waals surface area contributed by atoms with Crippen LogP contribution in [0, 0.1) is 17.3 Å². The van der Waals surface area contributed by atoms with Gasteiger partial charge in [0.1, 0.15) is 5.03 Å². The molecule has 6 heteroatoms. The van der Waals surface area contributed by atoms with Crippen LogP contribution in [0.25, 0.3) is 0 Å². The number of unbranched alkanes of at least 4 members (excludes halogenated alkanes) is 1. The highest BCUT2D eigenvalue weighted by Gasteiger charge is 2.52. The zero-order valence-electron chi connectivity index (χ0n) is 11.9. The number of allylic oxidation sites excluding steroid dienone is 2. The summed E-state index contributed by atoms with van der Waals surface area (Å²) in [6.07, 6.45) is -1.44. The molecule has 1 aliphatic rings. The fourth-order valence-corrected chi connectivity index (χ4v) is 2.48. The van der Waals surface area contributed by atoms with Gasteiger partial charge in [0, 0.05) is 0 Å². The van der Waals surface area contributed by atoms with Crippen molar-refractivity contribution in [3.05, 3.63) is 11.1 Å². The Kier molecular flexibility index (Phi) is 5.53. The number of hydrogen-bond donors (Lipinski definition) is 0. The van der Waals surface area contributed by atoms with Gasteiger partial charge < -0.3 is 4.74 Å². The van der Waals surface area contributed by atoms with E-state index in [2.05, 4.69) is 0 Å². The Morgan fingerprint density at radius 2 is 2.05 bits per heavy atom. The number of carbonyl (C=O) groups is 1. The first-order chi connectivity index (χ1) is 9.10. The summed E-state index contributed by atoms with van der Waals surface area (Å²) in [5.74, 6) is -1.05. The van der Waals surface area contributed by atoms with E-state index in [1.807, 2.05) is 6.92 Å². The fourth-order valence-electron chi connectivity index (χ4n) is 2.33. The van der Waals surface area contributed by atoms with Crippen LogP contribution in [0.1, 0.15) is 40.0 Å². The van der Waals surface area contributed by atoms with Gasteiger partial charge in [-0.3, -0.25) is 4.79 Å². The maximum absolute atomic E-state index is 12.4. The van der Waals surface area contributed by atoms with Crippen molar-refractivity contribution in [3.63, 3.8) is 0 Å². The topological polar surface area (TPSA) is 26.3 Å². The van der Waals surface area contributed by atoms with Gasteiger partial charge in [0.15, 0.2) is 0 Å². The molecular weight excluding hydrogens is 293 g/mol. The molecule has 0 aromatic carbocycles. The molecule has 20 heavy (non-hydrogen) atoms. The predicted octanol–water partition coefficient (Wildman–Crippen LogP) is 4.68. The molecule has 0 aromatic heterocycles. The molecule has 0 bridgehead atoms. The molecule has 2 nitrogen and oxygen atoms in total. The minimum absolute atomic E-state index is 0.323. The first-order valence-electron chi connectivity index (χ1n) is 6.71. The summed E-state index contributed by atoms with van der Waals surface area (Å²) in [6.45, 7) is 5.89. The lowest BCUT2D eigenvalue weighted by atomic mass is 9.54. The van der Waals surface area contributed by atoms with Crippen molar-refractivity contribution in [2.75, 3.05) is 6.61 Å². The number of alkyl halides is 3. The van der Waals surface area contributed by atoms with Crippen LogP contribution in [-0.4, -0.2) is 18.8 Å². The molecular formula is C14H20ClF3O2. The van der Waals surface area contributed by atoms with Crippen molar-refractivity contribution in [2.45, 2.75) is 46.2 Å². The van der Waals surface area contributed by atoms with Crippen molar-refractivity contribution >= 4 is 17.6 Å². The van der Waals surface area contributed by atoms with Crippen molar-refractivity contribution in [3.8, 4) is 0 Å². The monoisotopic (exact) mass is 312 g/mol. The molecule has 0 aliphatic heterocycles. The molecule has 1 saturated carbocycles. The first kappa shape index (κ1) is 17.3. The molecule has 2 unspecified atom stereocenters. The van der Waals surface area contributed by atoms with E-state index < -0.39 is 16.6 Å². The second-order valence-corrected chi connectivity index (χ2v) is 6.16. The Morgan fingerprint density at radius 3 is 2.50 bits per heavy atom. The Bertz CT molecular complexity index is 388. The van der Waals surface area contributed by atoms with Gasteiger partial charge in [-0.05, 0) is 24.2 Å². The van der Waals surface area contributed by atoms with E-state index in [1.165, 1.54) is 0 Å². The molecule has 0 amide bonds. The van der Waals surface area contributed by atoms with Gasteiger partial charge in [0.2, 0.25) is 0 Å². The molecule has 0 heterocycles. The Morgan fingerprint density at radius 1 is 1.45 bits per heavy atom. The quantitative estimate of drug-likeness (QED) is 0.544. The summed E-state index contributed by atoms with van der Waals surface area (Å²) in [4.78, 5) is 11.8. The van der Waals surface area contributed by atoms with E-state index in [0.717, 1.165) is 18.9 Å². The molecule has 0 radical (unpaired) electrons. The molecule has 2 atom stereocenters. The van der Waals surface area contributed by atoms with Gasteiger partial charge in [0.05, 0.1) is 12.5 Å². The Hall–Kier alpha value is -0.710. The lowest BCUT2D eigenvalue weighted by Gasteiger charge is -2.49. The van der Waals surface area contributed by atoms with Gasteiger partial charge in [-0.2, -0.15) is 13.2 Å². The van der Waals surface area contributed by atoms with Gasteiger partial charge in [-0.25, -0.2) is 0 Å². The molecule has 0 saturated heterocycles. The standard InChI is InChI=1S/C14H20ClF3O2/c1-4-5-6-20-12(19)10-7-9(13(10,2)3)8-11(15)14(16,17)18/h8-10H,4-7H2,1-3H3. The molecule has 1 aliphatic carbocycles. The van der Waals surface area contributed by atoms with E-state index in [9.17, 15) is 18.0 Å². The largest absolute Gasteiger partial charge is 0.465 e. The molecule has 116 valence electrons. The number of carbonyl (C=O) groups excluding carboxylic acids is 1. The summed E-state index contributed by atoms with van der Waals surface area (Å²) >= 11 is 5.24. The van der Waals surface area contributed by atoms with E-state index in [-0.39, 0.29) is 17.8 Å². The third kappa shape index (κ3) is 3.90. The van der Waals surface area contributed by atoms with Crippen molar-refractivity contribution in [1.82, 2.24) is 0 Å². The molecule has 0 spiro atoms. The van der Waals surface area contributed by atoms with Crippen LogP contribution < -0.4 is 0 Å². The summed E-state index contributed by atoms with van der Waals surface area (Å²) in [7, 11) is 0. The third-order valence-corrected chi connectivity index (χ3v) is 4.33. The van der Waals surface area contributed by atoms with Crippen molar-refractivity contribution in [2.24, 2.45) is 17.3 Å². The van der Waals surface area contributed by atoms with E-state index in [4.69, 9.17) is 16.3 Å². The van der Waals surface area contributed by atoms with Crippen LogP contribution in [0.4, 0.5) is 13.2 Å². The smallest absolute Gasteiger partial charge is 0.426 e. The summed E-state index contributed by atoms with van der Waals surface area (Å²) < 4.78 is 42.3. The van der Waals surface area contributed by atoms with Crippen LogP contribution >= 0.6 is 11.6 Å². The minimum atomic E-state index is -4.52. The van der Waals surface area contributed by atoms with Gasteiger partial charge in [-0.15, -0.1) is 0 Å². The highest BCUT2D eigenvalue weighted by atomic mass is 35.5. The lowest BCUT2D eigenvalue weighted by Crippen LogP contribution is -2.48. The second kappa shape index (κ2) is 6.37. The highest BCUT2D eigenvalue weighted by Crippen LogP contribution is 2.53. The maximum Gasteiger partial charge on any atom is 0.426 e. The van der Waals surface area contributed by atoms with Crippen LogP contribution in [0.2, 0.25) is 0 Å². The van der Waals surface area contributed by atoms with Crippen LogP contribution in [0.3, 0.4) is 0 Å². The normalized spacial score (nSPS) is 26.1. The van der Waals surface area contributed by atoms with Crippen molar-refractivity contribution in [1.29, 1.82) is 0 Å². The zero-order chi connectivity index (χ0) is 15.6. The zero-order valence-corrected chi connectivity index (χ0v) is 12.6. The number of hydrogen-bond acceptors (Lipinski definition) is 2. The van der Waals surface area contributed by atoms with E-state index >= 15 is 0 Å². The van der Waals surface area contributed by atoms with Gasteiger partial charge in [-0.1, -0.05) is 44.9 Å². The number of esters is 1. The van der Waals surface area contributed by atoms with Gasteiger partial charge >= 0.3 is 12.1 Å². The fraction of sp³-hybridized carbons (Fsp3) is 0.786. The molecule has 0 N–H and O–H groups in total. The highest BCUT2D eigenvalue weighted by molar-refractivity contribution is 6.30. The maximum atomic E-state index is 12.4. The molecule has 0 aromatic rings.